The fourth-order valence-corrected chi connectivity index (χ4v) is 5.11. The number of amides is 1. The lowest BCUT2D eigenvalue weighted by atomic mass is 9.89. The van der Waals surface area contributed by atoms with Gasteiger partial charge in [0.1, 0.15) is 0 Å². The van der Waals surface area contributed by atoms with Crippen molar-refractivity contribution in [3.8, 4) is 5.69 Å². The minimum absolute atomic E-state index is 0.00536. The molecule has 4 rings (SSSR count). The fourth-order valence-electron chi connectivity index (χ4n) is 5.11. The number of rotatable bonds is 9. The van der Waals surface area contributed by atoms with Crippen molar-refractivity contribution in [2.45, 2.75) is 66.0 Å². The van der Waals surface area contributed by atoms with Gasteiger partial charge in [-0.1, -0.05) is 37.3 Å². The third-order valence-corrected chi connectivity index (χ3v) is 7.07. The zero-order chi connectivity index (χ0) is 24.1. The zero-order valence-electron chi connectivity index (χ0n) is 21.2. The Balaban J connectivity index is 1.31. The van der Waals surface area contributed by atoms with Gasteiger partial charge in [0.15, 0.2) is 0 Å². The number of benzene rings is 2. The number of hydrogen-bond donors (Lipinski definition) is 1. The van der Waals surface area contributed by atoms with E-state index >= 15 is 0 Å². The van der Waals surface area contributed by atoms with E-state index in [4.69, 9.17) is 0 Å². The third-order valence-electron chi connectivity index (χ3n) is 7.07. The van der Waals surface area contributed by atoms with Gasteiger partial charge in [0.05, 0.1) is 0 Å². The van der Waals surface area contributed by atoms with E-state index in [2.05, 4.69) is 91.0 Å². The molecule has 0 saturated carbocycles. The monoisotopic (exact) mass is 457 g/mol. The largest absolute Gasteiger partial charge is 0.352 e. The molecule has 0 unspecified atom stereocenters. The second-order valence-electron chi connectivity index (χ2n) is 10.1. The standard InChI is InChI=1S/C30H39N3O/c1-22(2)32(21-25-9-6-5-7-10-25)18-8-17-31-30(34)26-12-14-28(15-13-26)33-24(4)20-27-19-23(3)11-16-29(27)33/h5-7,9-10,12-15,20,22-23H,8,11,16-19,21H2,1-4H3,(H,31,34)/t23-/m1/s1. The molecule has 0 bridgehead atoms. The molecule has 4 nitrogen and oxygen atoms in total. The summed E-state index contributed by atoms with van der Waals surface area (Å²) < 4.78 is 2.37. The first kappa shape index (κ1) is 24.3. The molecule has 0 saturated heterocycles. The average molecular weight is 458 g/mol. The first-order valence-electron chi connectivity index (χ1n) is 12.8. The second kappa shape index (κ2) is 11.1. The maximum absolute atomic E-state index is 12.7. The highest BCUT2D eigenvalue weighted by molar-refractivity contribution is 5.94. The topological polar surface area (TPSA) is 37.3 Å². The summed E-state index contributed by atoms with van der Waals surface area (Å²) in [5.41, 5.74) is 7.41. The molecule has 180 valence electrons. The molecular formula is C30H39N3O. The van der Waals surface area contributed by atoms with E-state index in [0.717, 1.165) is 43.1 Å². The molecule has 3 aromatic rings. The van der Waals surface area contributed by atoms with Gasteiger partial charge in [-0.2, -0.15) is 0 Å². The van der Waals surface area contributed by atoms with Crippen LogP contribution in [0.3, 0.4) is 0 Å². The molecule has 0 radical (unpaired) electrons. The molecule has 4 heteroatoms. The molecule has 0 aliphatic heterocycles. The molecular weight excluding hydrogens is 418 g/mol. The van der Waals surface area contributed by atoms with Gasteiger partial charge in [0.25, 0.3) is 5.91 Å². The van der Waals surface area contributed by atoms with Crippen LogP contribution < -0.4 is 5.32 Å². The van der Waals surface area contributed by atoms with Gasteiger partial charge in [-0.05, 0) is 93.8 Å². The summed E-state index contributed by atoms with van der Waals surface area (Å²) in [5, 5.41) is 3.11. The lowest BCUT2D eigenvalue weighted by molar-refractivity contribution is 0.0950. The number of nitrogens with zero attached hydrogens (tertiary/aromatic N) is 2. The molecule has 1 amide bonds. The van der Waals surface area contributed by atoms with Gasteiger partial charge in [-0.25, -0.2) is 0 Å². The van der Waals surface area contributed by atoms with E-state index in [-0.39, 0.29) is 5.91 Å². The van der Waals surface area contributed by atoms with Gasteiger partial charge in [-0.3, -0.25) is 9.69 Å². The van der Waals surface area contributed by atoms with Crippen molar-refractivity contribution in [2.24, 2.45) is 5.92 Å². The number of carbonyl (C=O) groups is 1. The second-order valence-corrected chi connectivity index (χ2v) is 10.1. The van der Waals surface area contributed by atoms with Crippen LogP contribution in [0.1, 0.15) is 66.5 Å². The van der Waals surface area contributed by atoms with Crippen LogP contribution in [0.15, 0.2) is 60.7 Å². The Morgan fingerprint density at radius 2 is 1.85 bits per heavy atom. The van der Waals surface area contributed by atoms with Crippen molar-refractivity contribution in [1.82, 2.24) is 14.8 Å². The summed E-state index contributed by atoms with van der Waals surface area (Å²) in [4.78, 5) is 15.2. The van der Waals surface area contributed by atoms with E-state index in [9.17, 15) is 4.79 Å². The Kier molecular flexibility index (Phi) is 7.89. The normalized spacial score (nSPS) is 15.5. The van der Waals surface area contributed by atoms with Gasteiger partial charge in [-0.15, -0.1) is 0 Å². The van der Waals surface area contributed by atoms with Crippen LogP contribution >= 0.6 is 0 Å². The summed E-state index contributed by atoms with van der Waals surface area (Å²) in [6.45, 7) is 11.6. The Morgan fingerprint density at radius 3 is 2.56 bits per heavy atom. The Bertz CT molecular complexity index is 1080. The molecule has 2 aromatic carbocycles. The quantitative estimate of drug-likeness (QED) is 0.404. The Labute approximate surface area is 205 Å². The van der Waals surface area contributed by atoms with Gasteiger partial charge in [0, 0.05) is 48.3 Å². The minimum Gasteiger partial charge on any atom is -0.352 e. The van der Waals surface area contributed by atoms with Crippen LogP contribution in [0.5, 0.6) is 0 Å². The highest BCUT2D eigenvalue weighted by Gasteiger charge is 2.21. The SMILES string of the molecule is Cc1cc2c(n1-c1ccc(C(=O)NCCCN(Cc3ccccc3)C(C)C)cc1)CC[C@@H](C)C2. The molecule has 1 aliphatic rings. The first-order chi connectivity index (χ1) is 16.4. The van der Waals surface area contributed by atoms with Crippen LogP contribution in [0.25, 0.3) is 5.69 Å². The van der Waals surface area contributed by atoms with E-state index in [1.54, 1.807) is 0 Å². The van der Waals surface area contributed by atoms with Crippen LogP contribution in [-0.4, -0.2) is 34.5 Å². The number of fused-ring (bicyclic) bond motifs is 1. The van der Waals surface area contributed by atoms with E-state index < -0.39 is 0 Å². The number of nitrogens with one attached hydrogen (secondary N) is 1. The third kappa shape index (κ3) is 5.79. The van der Waals surface area contributed by atoms with Crippen molar-refractivity contribution in [3.63, 3.8) is 0 Å². The Morgan fingerprint density at radius 1 is 1.12 bits per heavy atom. The van der Waals surface area contributed by atoms with Crippen LogP contribution in [0.4, 0.5) is 0 Å². The maximum Gasteiger partial charge on any atom is 0.251 e. The summed E-state index contributed by atoms with van der Waals surface area (Å²) in [6, 6.07) is 21.5. The Hall–Kier alpha value is -2.85. The average Bonchev–Trinajstić information content (AvgIpc) is 3.16. The molecule has 1 atom stereocenters. The van der Waals surface area contributed by atoms with Crippen LogP contribution in [-0.2, 0) is 19.4 Å². The fraction of sp³-hybridized carbons (Fsp3) is 0.433. The molecule has 1 N–H and O–H groups in total. The smallest absolute Gasteiger partial charge is 0.251 e. The van der Waals surface area contributed by atoms with Crippen molar-refractivity contribution < 1.29 is 4.79 Å². The van der Waals surface area contributed by atoms with E-state index in [0.29, 0.717) is 12.6 Å². The lowest BCUT2D eigenvalue weighted by Crippen LogP contribution is -2.34. The molecule has 0 spiro atoms. The molecule has 1 heterocycles. The van der Waals surface area contributed by atoms with Crippen molar-refractivity contribution >= 4 is 5.91 Å². The van der Waals surface area contributed by atoms with Crippen LogP contribution in [0, 0.1) is 12.8 Å². The van der Waals surface area contributed by atoms with E-state index in [1.165, 1.54) is 35.4 Å². The van der Waals surface area contributed by atoms with Gasteiger partial charge < -0.3 is 9.88 Å². The van der Waals surface area contributed by atoms with Crippen LogP contribution in [0.2, 0.25) is 0 Å². The number of carbonyl (C=O) groups excluding carboxylic acids is 1. The number of aryl methyl sites for hydroxylation is 1. The van der Waals surface area contributed by atoms with Gasteiger partial charge in [0.2, 0.25) is 0 Å². The summed E-state index contributed by atoms with van der Waals surface area (Å²) >= 11 is 0. The minimum atomic E-state index is 0.00536. The van der Waals surface area contributed by atoms with Crippen molar-refractivity contribution in [1.29, 1.82) is 0 Å². The number of aromatic nitrogens is 1. The lowest BCUT2D eigenvalue weighted by Gasteiger charge is -2.26. The predicted octanol–water partition coefficient (Wildman–Crippen LogP) is 5.94. The first-order valence-corrected chi connectivity index (χ1v) is 12.8. The molecule has 34 heavy (non-hydrogen) atoms. The molecule has 1 aromatic heterocycles. The molecule has 1 aliphatic carbocycles. The molecule has 0 fully saturated rings. The van der Waals surface area contributed by atoms with Gasteiger partial charge >= 0.3 is 0 Å². The maximum atomic E-state index is 12.7. The highest BCUT2D eigenvalue weighted by atomic mass is 16.1. The highest BCUT2D eigenvalue weighted by Crippen LogP contribution is 2.30. The van der Waals surface area contributed by atoms with E-state index in [1.807, 2.05) is 12.1 Å². The van der Waals surface area contributed by atoms with Crippen molar-refractivity contribution in [3.05, 3.63) is 88.7 Å². The summed E-state index contributed by atoms with van der Waals surface area (Å²) in [6.07, 6.45) is 4.48. The summed E-state index contributed by atoms with van der Waals surface area (Å²) in [7, 11) is 0. The summed E-state index contributed by atoms with van der Waals surface area (Å²) in [5.74, 6) is 0.769. The predicted molar refractivity (Wildman–Crippen MR) is 141 cm³/mol. The van der Waals surface area contributed by atoms with Crippen molar-refractivity contribution in [2.75, 3.05) is 13.1 Å². The zero-order valence-corrected chi connectivity index (χ0v) is 21.2. The number of hydrogen-bond acceptors (Lipinski definition) is 2.